The molecule has 0 unspecified atom stereocenters. The molecule has 0 bridgehead atoms. The first-order valence-corrected chi connectivity index (χ1v) is 6.58. The quantitative estimate of drug-likeness (QED) is 0.253. The SMILES string of the molecule is CCOC(=O)CCCSc1nc(N)c(N=O)c(=O)[nH]1. The number of aromatic amines is 1. The van der Waals surface area contributed by atoms with Crippen molar-refractivity contribution < 1.29 is 9.53 Å². The van der Waals surface area contributed by atoms with Crippen molar-refractivity contribution in [2.45, 2.75) is 24.9 Å². The minimum atomic E-state index is -0.671. The molecular weight excluding hydrogens is 272 g/mol. The van der Waals surface area contributed by atoms with Crippen LogP contribution >= 0.6 is 11.8 Å². The molecule has 104 valence electrons. The summed E-state index contributed by atoms with van der Waals surface area (Å²) in [5, 5.41) is 2.79. The van der Waals surface area contributed by atoms with Gasteiger partial charge >= 0.3 is 5.97 Å². The second kappa shape index (κ2) is 7.52. The van der Waals surface area contributed by atoms with Gasteiger partial charge in [-0.3, -0.25) is 14.6 Å². The van der Waals surface area contributed by atoms with Crippen LogP contribution < -0.4 is 11.3 Å². The molecule has 0 aromatic carbocycles. The van der Waals surface area contributed by atoms with Crippen LogP contribution in [0.25, 0.3) is 0 Å². The standard InChI is InChI=1S/C10H14N4O4S/c1-2-18-6(15)4-3-5-19-10-12-8(11)7(14-17)9(16)13-10/h2-5H2,1H3,(H3,11,12,13,16). The van der Waals surface area contributed by atoms with Crippen molar-refractivity contribution in [3.05, 3.63) is 15.3 Å². The van der Waals surface area contributed by atoms with Gasteiger partial charge in [-0.2, -0.15) is 0 Å². The molecule has 1 heterocycles. The highest BCUT2D eigenvalue weighted by Crippen LogP contribution is 2.19. The van der Waals surface area contributed by atoms with Crippen LogP contribution in [0.15, 0.2) is 15.1 Å². The molecule has 8 nitrogen and oxygen atoms in total. The number of hydrogen-bond acceptors (Lipinski definition) is 8. The van der Waals surface area contributed by atoms with Gasteiger partial charge in [0, 0.05) is 12.2 Å². The molecule has 1 aromatic rings. The van der Waals surface area contributed by atoms with E-state index >= 15 is 0 Å². The van der Waals surface area contributed by atoms with E-state index < -0.39 is 11.2 Å². The summed E-state index contributed by atoms with van der Waals surface area (Å²) in [5.74, 6) is 0.103. The summed E-state index contributed by atoms with van der Waals surface area (Å²) in [5.41, 5.74) is 4.32. The fourth-order valence-electron chi connectivity index (χ4n) is 1.24. The third-order valence-electron chi connectivity index (χ3n) is 2.06. The minimum absolute atomic E-state index is 0.202. The number of esters is 1. The van der Waals surface area contributed by atoms with E-state index in [2.05, 4.69) is 15.1 Å². The summed E-state index contributed by atoms with van der Waals surface area (Å²) in [6.07, 6.45) is 0.884. The van der Waals surface area contributed by atoms with E-state index in [1.165, 1.54) is 11.8 Å². The highest BCUT2D eigenvalue weighted by molar-refractivity contribution is 7.99. The van der Waals surface area contributed by atoms with Crippen molar-refractivity contribution in [2.24, 2.45) is 5.18 Å². The molecule has 0 aliphatic rings. The first kappa shape index (κ1) is 15.2. The summed E-state index contributed by atoms with van der Waals surface area (Å²) < 4.78 is 4.77. The Labute approximate surface area is 113 Å². The lowest BCUT2D eigenvalue weighted by atomic mass is 10.3. The van der Waals surface area contributed by atoms with Gasteiger partial charge in [-0.15, -0.1) is 4.91 Å². The number of H-pyrrole nitrogens is 1. The fraction of sp³-hybridized carbons (Fsp3) is 0.500. The molecular formula is C10H14N4O4S. The van der Waals surface area contributed by atoms with E-state index in [1.807, 2.05) is 0 Å². The van der Waals surface area contributed by atoms with Gasteiger partial charge in [0.1, 0.15) is 0 Å². The summed E-state index contributed by atoms with van der Waals surface area (Å²) in [4.78, 5) is 39.0. The monoisotopic (exact) mass is 286 g/mol. The van der Waals surface area contributed by atoms with E-state index in [0.717, 1.165) is 0 Å². The van der Waals surface area contributed by atoms with Gasteiger partial charge in [0.15, 0.2) is 11.0 Å². The van der Waals surface area contributed by atoms with E-state index in [1.54, 1.807) is 6.92 Å². The number of carbonyl (C=O) groups is 1. The third-order valence-corrected chi connectivity index (χ3v) is 3.02. The second-order valence-corrected chi connectivity index (χ2v) is 4.54. The van der Waals surface area contributed by atoms with Gasteiger partial charge in [-0.05, 0) is 18.5 Å². The Hall–Kier alpha value is -1.90. The lowest BCUT2D eigenvalue weighted by molar-refractivity contribution is -0.143. The number of hydrogen-bond donors (Lipinski definition) is 2. The number of nitroso groups, excluding NO2 is 1. The predicted molar refractivity (Wildman–Crippen MR) is 71.3 cm³/mol. The molecule has 9 heteroatoms. The average Bonchev–Trinajstić information content (AvgIpc) is 2.35. The number of ether oxygens (including phenoxy) is 1. The third kappa shape index (κ3) is 4.70. The topological polar surface area (TPSA) is 127 Å². The number of thioether (sulfide) groups is 1. The van der Waals surface area contributed by atoms with Crippen molar-refractivity contribution in [3.63, 3.8) is 0 Å². The number of anilines is 1. The van der Waals surface area contributed by atoms with Crippen LogP contribution in [0.2, 0.25) is 0 Å². The molecule has 0 saturated heterocycles. The van der Waals surface area contributed by atoms with Crippen LogP contribution in [0.3, 0.4) is 0 Å². The average molecular weight is 286 g/mol. The van der Waals surface area contributed by atoms with Gasteiger partial charge < -0.3 is 10.5 Å². The maximum Gasteiger partial charge on any atom is 0.305 e. The number of nitrogens with zero attached hydrogens (tertiary/aromatic N) is 2. The number of aromatic nitrogens is 2. The van der Waals surface area contributed by atoms with Crippen molar-refractivity contribution in [1.29, 1.82) is 0 Å². The number of nitrogens with two attached hydrogens (primary N) is 1. The largest absolute Gasteiger partial charge is 0.466 e. The molecule has 0 spiro atoms. The highest BCUT2D eigenvalue weighted by atomic mass is 32.2. The van der Waals surface area contributed by atoms with Crippen LogP contribution in [0, 0.1) is 4.91 Å². The summed E-state index contributed by atoms with van der Waals surface area (Å²) in [6.45, 7) is 2.10. The molecule has 0 amide bonds. The van der Waals surface area contributed by atoms with Crippen LogP contribution in [0.4, 0.5) is 11.5 Å². The normalized spacial score (nSPS) is 10.2. The zero-order valence-corrected chi connectivity index (χ0v) is 11.2. The first-order chi connectivity index (χ1) is 9.08. The van der Waals surface area contributed by atoms with Gasteiger partial charge in [0.25, 0.3) is 5.56 Å². The van der Waals surface area contributed by atoms with E-state index in [9.17, 15) is 14.5 Å². The summed E-state index contributed by atoms with van der Waals surface area (Å²) >= 11 is 1.23. The van der Waals surface area contributed by atoms with Gasteiger partial charge in [0.05, 0.1) is 6.61 Å². The number of nitrogen functional groups attached to an aromatic ring is 1. The summed E-state index contributed by atoms with van der Waals surface area (Å²) in [7, 11) is 0. The van der Waals surface area contributed by atoms with Crippen LogP contribution in [-0.2, 0) is 9.53 Å². The van der Waals surface area contributed by atoms with Crippen molar-refractivity contribution in [1.82, 2.24) is 9.97 Å². The Morgan fingerprint density at radius 3 is 2.89 bits per heavy atom. The smallest absolute Gasteiger partial charge is 0.305 e. The number of nitrogens with one attached hydrogen (secondary N) is 1. The van der Waals surface area contributed by atoms with E-state index in [-0.39, 0.29) is 11.8 Å². The number of rotatable bonds is 7. The Morgan fingerprint density at radius 1 is 1.58 bits per heavy atom. The predicted octanol–water partition coefficient (Wildman–Crippen LogP) is 1.19. The lowest BCUT2D eigenvalue weighted by Crippen LogP contribution is -2.11. The molecule has 3 N–H and O–H groups in total. The Morgan fingerprint density at radius 2 is 2.32 bits per heavy atom. The van der Waals surface area contributed by atoms with Gasteiger partial charge in [-0.25, -0.2) is 4.98 Å². The maximum absolute atomic E-state index is 11.4. The first-order valence-electron chi connectivity index (χ1n) is 5.60. The Balaban J connectivity index is 2.48. The van der Waals surface area contributed by atoms with E-state index in [0.29, 0.717) is 30.4 Å². The Kier molecular flexibility index (Phi) is 6.00. The molecule has 0 atom stereocenters. The second-order valence-electron chi connectivity index (χ2n) is 3.45. The van der Waals surface area contributed by atoms with Crippen molar-refractivity contribution in [2.75, 3.05) is 18.1 Å². The molecule has 0 aliphatic carbocycles. The lowest BCUT2D eigenvalue weighted by Gasteiger charge is -2.03. The van der Waals surface area contributed by atoms with Crippen LogP contribution in [-0.4, -0.2) is 28.3 Å². The highest BCUT2D eigenvalue weighted by Gasteiger charge is 2.09. The Bertz CT molecular complexity index is 517. The molecule has 19 heavy (non-hydrogen) atoms. The zero-order chi connectivity index (χ0) is 14.3. The molecule has 0 saturated carbocycles. The maximum atomic E-state index is 11.4. The van der Waals surface area contributed by atoms with Crippen LogP contribution in [0.1, 0.15) is 19.8 Å². The van der Waals surface area contributed by atoms with Gasteiger partial charge in [-0.1, -0.05) is 11.8 Å². The van der Waals surface area contributed by atoms with Crippen LogP contribution in [0.5, 0.6) is 0 Å². The zero-order valence-electron chi connectivity index (χ0n) is 10.3. The number of carbonyl (C=O) groups excluding carboxylic acids is 1. The summed E-state index contributed by atoms with van der Waals surface area (Å²) in [6, 6.07) is 0. The molecule has 1 aromatic heterocycles. The molecule has 0 radical (unpaired) electrons. The van der Waals surface area contributed by atoms with Crippen molar-refractivity contribution >= 4 is 29.2 Å². The molecule has 0 fully saturated rings. The molecule has 1 rings (SSSR count). The fourth-order valence-corrected chi connectivity index (χ4v) is 2.05. The van der Waals surface area contributed by atoms with E-state index in [4.69, 9.17) is 10.5 Å². The van der Waals surface area contributed by atoms with Crippen molar-refractivity contribution in [3.8, 4) is 0 Å². The van der Waals surface area contributed by atoms with Gasteiger partial charge in [0.2, 0.25) is 5.69 Å². The minimum Gasteiger partial charge on any atom is -0.466 e. The molecule has 0 aliphatic heterocycles.